The zero-order valence-corrected chi connectivity index (χ0v) is 9.86. The largest absolute Gasteiger partial charge is 0.269 e. The second-order valence-corrected chi connectivity index (χ2v) is 3.91. The Kier molecular flexibility index (Phi) is 9.27. The van der Waals surface area contributed by atoms with Crippen LogP contribution in [0.1, 0.15) is 27.7 Å². The smallest absolute Gasteiger partial charge is 0.269 e. The first-order valence-electron chi connectivity index (χ1n) is 3.65. The number of allylic oxidation sites excluding steroid dienone is 4. The summed E-state index contributed by atoms with van der Waals surface area (Å²) in [5.74, 6) is 0.694. The van der Waals surface area contributed by atoms with E-state index in [9.17, 15) is 0 Å². The molecular formula is C9H16F3Ti. The first kappa shape index (κ1) is 18.7. The minimum absolute atomic E-state index is 0. The van der Waals surface area contributed by atoms with Gasteiger partial charge in [0.05, 0.1) is 0 Å². The van der Waals surface area contributed by atoms with Gasteiger partial charge in [0.1, 0.15) is 0 Å². The molecule has 0 nitrogen and oxygen atoms in total. The Morgan fingerprint density at radius 1 is 0.923 bits per heavy atom. The van der Waals surface area contributed by atoms with E-state index >= 15 is 0 Å². The van der Waals surface area contributed by atoms with Crippen molar-refractivity contribution in [3.05, 3.63) is 20.6 Å². The molecule has 0 saturated carbocycles. The minimum Gasteiger partial charge on any atom is -0.269 e. The summed E-state index contributed by atoms with van der Waals surface area (Å²) in [6, 6.07) is 0. The monoisotopic (exact) mass is 229 g/mol. The molecule has 4 heteroatoms. The number of halogens is 3. The fraction of sp³-hybridized carbons (Fsp3) is 0.556. The molecule has 0 heterocycles. The minimum atomic E-state index is 0. The molecule has 0 bridgehead atoms. The van der Waals surface area contributed by atoms with Crippen LogP contribution in [0.5, 0.6) is 0 Å². The molecule has 0 N–H and O–H groups in total. The summed E-state index contributed by atoms with van der Waals surface area (Å²) in [6.07, 6.45) is 0. The van der Waals surface area contributed by atoms with Gasteiger partial charge in [0.15, 0.2) is 0 Å². The molecule has 0 radical (unpaired) electrons. The van der Waals surface area contributed by atoms with Gasteiger partial charge in [0.25, 0.3) is 0 Å². The van der Waals surface area contributed by atoms with Gasteiger partial charge in [-0.2, -0.15) is 0 Å². The first-order chi connectivity index (χ1) is 4.55. The maximum absolute atomic E-state index is 2.28. The van der Waals surface area contributed by atoms with Crippen LogP contribution in [0, 0.1) is 5.92 Å². The molecule has 0 aromatic carbocycles. The number of hydrogen-bond donors (Lipinski definition) is 0. The summed E-state index contributed by atoms with van der Waals surface area (Å²) in [7, 11) is 0. The van der Waals surface area contributed by atoms with Crippen molar-refractivity contribution in [1.82, 2.24) is 0 Å². The third-order valence-corrected chi connectivity index (χ3v) is 3.90. The van der Waals surface area contributed by atoms with E-state index in [0.717, 1.165) is 0 Å². The Hall–Kier alpha value is -0.0157. The Bertz CT molecular complexity index is 207. The van der Waals surface area contributed by atoms with Crippen molar-refractivity contribution < 1.29 is 34.5 Å². The van der Waals surface area contributed by atoms with E-state index in [2.05, 4.69) is 48.1 Å². The van der Waals surface area contributed by atoms with E-state index in [1.807, 2.05) is 0 Å². The van der Waals surface area contributed by atoms with Crippen molar-refractivity contribution in [2.45, 2.75) is 27.7 Å². The SMILES string of the molecule is CC1=C(C)C(C)[C]([Ti])=C1C.F.F.F. The van der Waals surface area contributed by atoms with Gasteiger partial charge in [-0.3, -0.25) is 14.1 Å². The molecule has 0 aromatic heterocycles. The third kappa shape index (κ3) is 2.99. The van der Waals surface area contributed by atoms with Gasteiger partial charge in [-0.05, 0) is 0 Å². The van der Waals surface area contributed by atoms with E-state index in [1.54, 1.807) is 9.45 Å². The topological polar surface area (TPSA) is 0 Å². The molecule has 1 rings (SSSR count). The molecule has 1 aliphatic rings. The number of rotatable bonds is 0. The maximum Gasteiger partial charge on any atom is -0.269 e. The maximum atomic E-state index is 2.28. The molecule has 0 amide bonds. The second kappa shape index (κ2) is 6.44. The van der Waals surface area contributed by atoms with Gasteiger partial charge >= 0.3 is 74.6 Å². The van der Waals surface area contributed by atoms with Crippen LogP contribution in [-0.4, -0.2) is 0 Å². The quantitative estimate of drug-likeness (QED) is 0.559. The van der Waals surface area contributed by atoms with Crippen LogP contribution in [0.25, 0.3) is 0 Å². The summed E-state index contributed by atoms with van der Waals surface area (Å²) in [4.78, 5) is 0. The standard InChI is InChI=1S/C9H13.3FH.Ti/c1-6-5-7(2)9(4)8(6)3;;;;/h6H,1-4H3;3*1H;. The van der Waals surface area contributed by atoms with Gasteiger partial charge in [0.2, 0.25) is 0 Å². The molecule has 0 aliphatic heterocycles. The van der Waals surface area contributed by atoms with Crippen LogP contribution in [0.15, 0.2) is 20.6 Å². The van der Waals surface area contributed by atoms with Crippen LogP contribution in [0.2, 0.25) is 0 Å². The predicted molar refractivity (Wildman–Crippen MR) is 47.7 cm³/mol. The zero-order chi connectivity index (χ0) is 7.89. The average molecular weight is 229 g/mol. The molecule has 1 unspecified atom stereocenters. The second-order valence-electron chi connectivity index (χ2n) is 3.07. The summed E-state index contributed by atoms with van der Waals surface area (Å²) < 4.78 is 1.55. The molecule has 77 valence electrons. The fourth-order valence-electron chi connectivity index (χ4n) is 1.36. The van der Waals surface area contributed by atoms with Gasteiger partial charge in [0, 0.05) is 0 Å². The van der Waals surface area contributed by atoms with E-state index in [1.165, 1.54) is 11.1 Å². The Balaban J connectivity index is -0.000000333. The molecule has 1 aliphatic carbocycles. The van der Waals surface area contributed by atoms with E-state index in [-0.39, 0.29) is 14.1 Å². The van der Waals surface area contributed by atoms with Crippen molar-refractivity contribution >= 4 is 0 Å². The first-order valence-corrected chi connectivity index (χ1v) is 4.44. The molecular weight excluding hydrogens is 213 g/mol. The molecule has 0 spiro atoms. The van der Waals surface area contributed by atoms with Crippen LogP contribution in [-0.2, 0) is 20.4 Å². The molecule has 13 heavy (non-hydrogen) atoms. The van der Waals surface area contributed by atoms with E-state index in [4.69, 9.17) is 0 Å². The van der Waals surface area contributed by atoms with Crippen LogP contribution >= 0.6 is 0 Å². The van der Waals surface area contributed by atoms with Crippen LogP contribution in [0.4, 0.5) is 14.1 Å². The Labute approximate surface area is 89.0 Å². The van der Waals surface area contributed by atoms with Crippen molar-refractivity contribution in [2.24, 2.45) is 5.92 Å². The zero-order valence-electron chi connectivity index (χ0n) is 8.30. The normalized spacial score (nSPS) is 20.4. The van der Waals surface area contributed by atoms with Gasteiger partial charge in [-0.15, -0.1) is 0 Å². The predicted octanol–water partition coefficient (Wildman–Crippen LogP) is 3.25. The van der Waals surface area contributed by atoms with Crippen LogP contribution in [0.3, 0.4) is 0 Å². The summed E-state index contributed by atoms with van der Waals surface area (Å²) >= 11 is 2.24. The Morgan fingerprint density at radius 2 is 1.31 bits per heavy atom. The van der Waals surface area contributed by atoms with Gasteiger partial charge < -0.3 is 0 Å². The van der Waals surface area contributed by atoms with Crippen molar-refractivity contribution in [3.63, 3.8) is 0 Å². The average Bonchev–Trinajstić information content (AvgIpc) is 2.07. The van der Waals surface area contributed by atoms with Crippen molar-refractivity contribution in [2.75, 3.05) is 0 Å². The third-order valence-electron chi connectivity index (χ3n) is 2.64. The van der Waals surface area contributed by atoms with Crippen LogP contribution < -0.4 is 0 Å². The van der Waals surface area contributed by atoms with Gasteiger partial charge in [-0.1, -0.05) is 0 Å². The summed E-state index contributed by atoms with van der Waals surface area (Å²) in [5, 5.41) is 0. The van der Waals surface area contributed by atoms with E-state index < -0.39 is 0 Å². The summed E-state index contributed by atoms with van der Waals surface area (Å²) in [6.45, 7) is 8.96. The molecule has 0 saturated heterocycles. The number of hydrogen-bond acceptors (Lipinski definition) is 0. The van der Waals surface area contributed by atoms with Crippen molar-refractivity contribution in [3.8, 4) is 0 Å². The van der Waals surface area contributed by atoms with Crippen molar-refractivity contribution in [1.29, 1.82) is 0 Å². The molecule has 1 atom stereocenters. The summed E-state index contributed by atoms with van der Waals surface area (Å²) in [5.41, 5.74) is 4.56. The van der Waals surface area contributed by atoms with Gasteiger partial charge in [-0.25, -0.2) is 0 Å². The molecule has 0 aromatic rings. The van der Waals surface area contributed by atoms with E-state index in [0.29, 0.717) is 5.92 Å². The Morgan fingerprint density at radius 3 is 1.38 bits per heavy atom. The fourth-order valence-corrected chi connectivity index (χ4v) is 1.99. The molecule has 0 fully saturated rings.